The van der Waals surface area contributed by atoms with Crippen LogP contribution in [-0.2, 0) is 0 Å². The molecule has 2 aromatic carbocycles. The van der Waals surface area contributed by atoms with Crippen molar-refractivity contribution >= 4 is 5.91 Å². The fraction of sp³-hybridized carbons (Fsp3) is 0.381. The molecule has 0 radical (unpaired) electrons. The fourth-order valence-electron chi connectivity index (χ4n) is 3.18. The van der Waals surface area contributed by atoms with E-state index in [0.29, 0.717) is 17.7 Å². The summed E-state index contributed by atoms with van der Waals surface area (Å²) in [7, 11) is 0. The lowest BCUT2D eigenvalue weighted by atomic mass is 9.89. The normalized spacial score (nSPS) is 18.2. The zero-order valence-electron chi connectivity index (χ0n) is 15.2. The largest absolute Gasteiger partial charge is 0.490 e. The summed E-state index contributed by atoms with van der Waals surface area (Å²) >= 11 is 0. The number of carbonyl (C=O) groups excluding carboxylic acids is 1. The van der Waals surface area contributed by atoms with E-state index in [1.54, 1.807) is 6.07 Å². The summed E-state index contributed by atoms with van der Waals surface area (Å²) in [4.78, 5) is 12.9. The van der Waals surface area contributed by atoms with Gasteiger partial charge in [-0.2, -0.15) is 0 Å². The first-order valence-corrected chi connectivity index (χ1v) is 8.70. The van der Waals surface area contributed by atoms with E-state index in [0.717, 1.165) is 11.3 Å². The van der Waals surface area contributed by atoms with E-state index < -0.39 is 0 Å². The van der Waals surface area contributed by atoms with E-state index in [9.17, 15) is 4.79 Å². The van der Waals surface area contributed by atoms with E-state index in [-0.39, 0.29) is 23.7 Å². The summed E-state index contributed by atoms with van der Waals surface area (Å²) in [6.45, 7) is 7.98. The van der Waals surface area contributed by atoms with Crippen molar-refractivity contribution in [2.75, 3.05) is 0 Å². The van der Waals surface area contributed by atoms with Crippen molar-refractivity contribution in [3.8, 4) is 11.5 Å². The quantitative estimate of drug-likeness (QED) is 0.892. The summed E-state index contributed by atoms with van der Waals surface area (Å²) < 4.78 is 11.8. The van der Waals surface area contributed by atoms with Crippen molar-refractivity contribution in [2.45, 2.75) is 51.9 Å². The van der Waals surface area contributed by atoms with Crippen LogP contribution in [0.2, 0.25) is 0 Å². The van der Waals surface area contributed by atoms with Crippen LogP contribution in [0.4, 0.5) is 0 Å². The van der Waals surface area contributed by atoms with Crippen LogP contribution in [0.15, 0.2) is 48.5 Å². The van der Waals surface area contributed by atoms with Gasteiger partial charge in [-0.05, 0) is 45.9 Å². The zero-order valence-corrected chi connectivity index (χ0v) is 15.2. The van der Waals surface area contributed by atoms with Crippen molar-refractivity contribution in [2.24, 2.45) is 0 Å². The molecule has 0 aliphatic carbocycles. The van der Waals surface area contributed by atoms with Gasteiger partial charge < -0.3 is 14.8 Å². The van der Waals surface area contributed by atoms with Crippen molar-refractivity contribution in [1.29, 1.82) is 0 Å². The molecule has 2 aromatic rings. The number of hydrogen-bond donors (Lipinski definition) is 1. The molecule has 1 amide bonds. The SMILES string of the molecule is CC(C)Oc1ccccc1C(=O)N[C@@H]1CC(C)(C)Oc2ccccc21. The van der Waals surface area contributed by atoms with Gasteiger partial charge in [0.2, 0.25) is 0 Å². The molecule has 0 fully saturated rings. The van der Waals surface area contributed by atoms with Gasteiger partial charge in [0, 0.05) is 12.0 Å². The van der Waals surface area contributed by atoms with E-state index in [4.69, 9.17) is 9.47 Å². The Morgan fingerprint density at radius 3 is 2.60 bits per heavy atom. The smallest absolute Gasteiger partial charge is 0.255 e. The maximum Gasteiger partial charge on any atom is 0.255 e. The third-order valence-corrected chi connectivity index (χ3v) is 4.18. The predicted molar refractivity (Wildman–Crippen MR) is 98.2 cm³/mol. The first kappa shape index (κ1) is 17.3. The Labute approximate surface area is 149 Å². The molecule has 3 rings (SSSR count). The van der Waals surface area contributed by atoms with Crippen LogP contribution in [0, 0.1) is 0 Å². The molecule has 132 valence electrons. The molecule has 1 aliphatic heterocycles. The zero-order chi connectivity index (χ0) is 18.0. The molecule has 0 bridgehead atoms. The number of para-hydroxylation sites is 2. The number of rotatable bonds is 4. The monoisotopic (exact) mass is 339 g/mol. The van der Waals surface area contributed by atoms with Crippen LogP contribution in [-0.4, -0.2) is 17.6 Å². The Bertz CT molecular complexity index is 767. The van der Waals surface area contributed by atoms with Gasteiger partial charge in [-0.25, -0.2) is 0 Å². The Morgan fingerprint density at radius 2 is 1.84 bits per heavy atom. The van der Waals surface area contributed by atoms with Gasteiger partial charge in [0.05, 0.1) is 17.7 Å². The van der Waals surface area contributed by atoms with Crippen molar-refractivity contribution in [1.82, 2.24) is 5.32 Å². The molecule has 0 spiro atoms. The minimum absolute atomic E-state index is 0.0108. The maximum absolute atomic E-state index is 12.9. The number of amides is 1. The van der Waals surface area contributed by atoms with Gasteiger partial charge in [-0.3, -0.25) is 4.79 Å². The number of carbonyl (C=O) groups is 1. The molecule has 1 atom stereocenters. The minimum Gasteiger partial charge on any atom is -0.490 e. The van der Waals surface area contributed by atoms with E-state index in [2.05, 4.69) is 5.32 Å². The number of hydrogen-bond acceptors (Lipinski definition) is 3. The second kappa shape index (κ2) is 6.79. The summed E-state index contributed by atoms with van der Waals surface area (Å²) in [5, 5.41) is 3.16. The Morgan fingerprint density at radius 1 is 1.16 bits per heavy atom. The second-order valence-electron chi connectivity index (χ2n) is 7.29. The van der Waals surface area contributed by atoms with Crippen molar-refractivity contribution in [3.63, 3.8) is 0 Å². The molecule has 0 saturated heterocycles. The number of ether oxygens (including phenoxy) is 2. The highest BCUT2D eigenvalue weighted by Crippen LogP contribution is 2.39. The minimum atomic E-state index is -0.333. The average molecular weight is 339 g/mol. The van der Waals surface area contributed by atoms with Gasteiger partial charge in [0.1, 0.15) is 17.1 Å². The van der Waals surface area contributed by atoms with Crippen LogP contribution < -0.4 is 14.8 Å². The molecule has 4 nitrogen and oxygen atoms in total. The Balaban J connectivity index is 1.87. The predicted octanol–water partition coefficient (Wildman–Crippen LogP) is 4.51. The van der Waals surface area contributed by atoms with Gasteiger partial charge in [0.25, 0.3) is 5.91 Å². The van der Waals surface area contributed by atoms with Gasteiger partial charge >= 0.3 is 0 Å². The van der Waals surface area contributed by atoms with Crippen LogP contribution in [0.1, 0.15) is 56.1 Å². The molecule has 0 saturated carbocycles. The van der Waals surface area contributed by atoms with Crippen LogP contribution in [0.3, 0.4) is 0 Å². The molecule has 4 heteroatoms. The highest BCUT2D eigenvalue weighted by atomic mass is 16.5. The number of nitrogens with one attached hydrogen (secondary N) is 1. The van der Waals surface area contributed by atoms with Crippen LogP contribution in [0.5, 0.6) is 11.5 Å². The van der Waals surface area contributed by atoms with Crippen LogP contribution >= 0.6 is 0 Å². The van der Waals surface area contributed by atoms with Gasteiger partial charge in [-0.15, -0.1) is 0 Å². The third-order valence-electron chi connectivity index (χ3n) is 4.18. The first-order chi connectivity index (χ1) is 11.9. The Hall–Kier alpha value is -2.49. The lowest BCUT2D eigenvalue weighted by Gasteiger charge is -2.37. The highest BCUT2D eigenvalue weighted by Gasteiger charge is 2.34. The van der Waals surface area contributed by atoms with Gasteiger partial charge in [-0.1, -0.05) is 30.3 Å². The maximum atomic E-state index is 12.9. The van der Waals surface area contributed by atoms with Crippen LogP contribution in [0.25, 0.3) is 0 Å². The third kappa shape index (κ3) is 3.95. The van der Waals surface area contributed by atoms with Crippen molar-refractivity contribution in [3.05, 3.63) is 59.7 Å². The topological polar surface area (TPSA) is 47.6 Å². The van der Waals surface area contributed by atoms with Gasteiger partial charge in [0.15, 0.2) is 0 Å². The second-order valence-corrected chi connectivity index (χ2v) is 7.29. The first-order valence-electron chi connectivity index (χ1n) is 8.70. The summed E-state index contributed by atoms with van der Waals surface area (Å²) in [6.07, 6.45) is 0.722. The molecular weight excluding hydrogens is 314 g/mol. The number of benzene rings is 2. The summed E-state index contributed by atoms with van der Waals surface area (Å²) in [6, 6.07) is 15.1. The molecule has 0 unspecified atom stereocenters. The Kier molecular flexibility index (Phi) is 4.71. The fourth-order valence-corrected chi connectivity index (χ4v) is 3.18. The molecule has 1 aliphatic rings. The molecule has 25 heavy (non-hydrogen) atoms. The van der Waals surface area contributed by atoms with Crippen molar-refractivity contribution < 1.29 is 14.3 Å². The van der Waals surface area contributed by atoms with E-state index in [1.807, 2.05) is 70.2 Å². The molecule has 0 aromatic heterocycles. The molecule has 1 N–H and O–H groups in total. The standard InChI is InChI=1S/C21H25NO3/c1-14(2)24-18-11-7-6-10-16(18)20(23)22-17-13-21(3,4)25-19-12-8-5-9-15(17)19/h5-12,14,17H,13H2,1-4H3,(H,22,23)/t17-/m1/s1. The summed E-state index contributed by atoms with van der Waals surface area (Å²) in [5.41, 5.74) is 1.23. The highest BCUT2D eigenvalue weighted by molar-refractivity contribution is 5.97. The van der Waals surface area contributed by atoms with E-state index in [1.165, 1.54) is 0 Å². The lowest BCUT2D eigenvalue weighted by molar-refractivity contribution is 0.0618. The van der Waals surface area contributed by atoms with E-state index >= 15 is 0 Å². The molecular formula is C21H25NO3. The lowest BCUT2D eigenvalue weighted by Crippen LogP contribution is -2.41. The summed E-state index contributed by atoms with van der Waals surface area (Å²) in [5.74, 6) is 1.30. The average Bonchev–Trinajstić information content (AvgIpc) is 2.53. The number of fused-ring (bicyclic) bond motifs is 1. The molecule has 1 heterocycles.